The average molecular weight is 441 g/mol. The van der Waals surface area contributed by atoms with Gasteiger partial charge in [0.15, 0.2) is 5.50 Å². The van der Waals surface area contributed by atoms with Crippen LogP contribution in [0.15, 0.2) is 36.0 Å². The normalized spacial score (nSPS) is 15.6. The van der Waals surface area contributed by atoms with E-state index >= 15 is 0 Å². The fraction of sp³-hybridized carbons (Fsp3) is 0.333. The van der Waals surface area contributed by atoms with Crippen molar-refractivity contribution >= 4 is 53.7 Å². The summed E-state index contributed by atoms with van der Waals surface area (Å²) in [4.78, 5) is 46.0. The van der Waals surface area contributed by atoms with E-state index in [-0.39, 0.29) is 29.5 Å². The minimum atomic E-state index is -0.735. The maximum Gasteiger partial charge on any atom is 0.340 e. The molecule has 0 spiro atoms. The zero-order valence-corrected chi connectivity index (χ0v) is 17.8. The topological polar surface area (TPSA) is 91.8 Å². The van der Waals surface area contributed by atoms with Crippen LogP contribution in [0.5, 0.6) is 0 Å². The molecule has 0 unspecified atom stereocenters. The second kappa shape index (κ2) is 9.66. The number of anilines is 1. The van der Waals surface area contributed by atoms with Crippen LogP contribution in [0, 0.1) is 0 Å². The highest BCUT2D eigenvalue weighted by Crippen LogP contribution is 2.29. The van der Waals surface area contributed by atoms with Gasteiger partial charge < -0.3 is 9.57 Å². The molecule has 4 amide bonds. The first-order valence-corrected chi connectivity index (χ1v) is 9.33. The summed E-state index contributed by atoms with van der Waals surface area (Å²) in [6.07, 6.45) is 1.53. The Kier molecular flexibility index (Phi) is 7.52. The molecule has 1 aliphatic rings. The largest absolute Gasteiger partial charge is 0.456 e. The number of rotatable bonds is 7. The Morgan fingerprint density at radius 1 is 1.31 bits per heavy atom. The number of ether oxygens (including phenoxy) is 1. The number of thiol groups is 1. The predicted molar refractivity (Wildman–Crippen MR) is 113 cm³/mol. The molecule has 0 saturated carbocycles. The maximum absolute atomic E-state index is 12.6. The first-order valence-electron chi connectivity index (χ1n) is 8.43. The van der Waals surface area contributed by atoms with Gasteiger partial charge in [-0.15, -0.1) is 12.6 Å². The van der Waals surface area contributed by atoms with Crippen LogP contribution < -0.4 is 4.90 Å². The highest BCUT2D eigenvalue weighted by Gasteiger charge is 2.40. The SMILES string of the molecule is C=CCON=C(C)COC(=O)c1cc(N2C(=O)N(C)C(S)N(C)C2=O)ccc1Cl. The molecule has 0 radical (unpaired) electrons. The molecule has 1 aliphatic heterocycles. The molecular formula is C18H21ClN4O5S. The highest BCUT2D eigenvalue weighted by atomic mass is 35.5. The fourth-order valence-electron chi connectivity index (χ4n) is 2.36. The lowest BCUT2D eigenvalue weighted by Crippen LogP contribution is -2.62. The van der Waals surface area contributed by atoms with Crippen LogP contribution in [-0.4, -0.2) is 66.3 Å². The van der Waals surface area contributed by atoms with Gasteiger partial charge in [0.1, 0.15) is 13.2 Å². The van der Waals surface area contributed by atoms with Gasteiger partial charge in [0, 0.05) is 14.1 Å². The molecule has 0 bridgehead atoms. The van der Waals surface area contributed by atoms with Gasteiger partial charge in [-0.1, -0.05) is 29.4 Å². The number of carbonyl (C=O) groups excluding carboxylic acids is 3. The van der Waals surface area contributed by atoms with Gasteiger partial charge in [-0.3, -0.25) is 9.80 Å². The van der Waals surface area contributed by atoms with Gasteiger partial charge in [-0.2, -0.15) is 0 Å². The van der Waals surface area contributed by atoms with E-state index in [0.717, 1.165) is 4.90 Å². The third kappa shape index (κ3) is 5.01. The number of amides is 4. The van der Waals surface area contributed by atoms with Crippen molar-refractivity contribution in [1.29, 1.82) is 0 Å². The smallest absolute Gasteiger partial charge is 0.340 e. The number of hydrogen-bond donors (Lipinski definition) is 1. The number of urea groups is 2. The van der Waals surface area contributed by atoms with E-state index in [1.807, 2.05) is 0 Å². The lowest BCUT2D eigenvalue weighted by Gasteiger charge is -2.41. The molecule has 1 aromatic carbocycles. The summed E-state index contributed by atoms with van der Waals surface area (Å²) in [5.41, 5.74) is -0.0941. The Bertz CT molecular complexity index is 841. The number of oxime groups is 1. The molecule has 1 fully saturated rings. The minimum absolute atomic E-state index is 0.00267. The molecule has 0 aliphatic carbocycles. The first kappa shape index (κ1) is 22.6. The summed E-state index contributed by atoms with van der Waals surface area (Å²) >= 11 is 10.3. The molecule has 1 heterocycles. The van der Waals surface area contributed by atoms with Crippen LogP contribution in [0.1, 0.15) is 17.3 Å². The Morgan fingerprint density at radius 3 is 2.52 bits per heavy atom. The first-order chi connectivity index (χ1) is 13.7. The third-order valence-corrected chi connectivity index (χ3v) is 4.95. The number of halogens is 1. The number of benzene rings is 1. The standard InChI is InChI=1S/C18H21ClN4O5S/c1-5-8-28-20-11(2)10-27-15(24)13-9-12(6-7-14(13)19)23-16(25)21(3)18(29)22(4)17(23)26/h5-7,9,18,29H,1,8,10H2,2-4H3. The molecule has 11 heteroatoms. The van der Waals surface area contributed by atoms with Crippen LogP contribution in [0.2, 0.25) is 5.02 Å². The van der Waals surface area contributed by atoms with Crippen molar-refractivity contribution in [2.45, 2.75) is 12.4 Å². The lowest BCUT2D eigenvalue weighted by molar-refractivity contribution is 0.0558. The summed E-state index contributed by atoms with van der Waals surface area (Å²) in [6.45, 7) is 5.23. The van der Waals surface area contributed by atoms with Crippen molar-refractivity contribution < 1.29 is 24.0 Å². The van der Waals surface area contributed by atoms with E-state index in [4.69, 9.17) is 21.2 Å². The molecule has 1 aromatic rings. The molecule has 1 saturated heterocycles. The number of hydrogen-bond acceptors (Lipinski definition) is 7. The van der Waals surface area contributed by atoms with E-state index in [2.05, 4.69) is 24.4 Å². The van der Waals surface area contributed by atoms with Crippen LogP contribution in [0.3, 0.4) is 0 Å². The molecule has 156 valence electrons. The van der Waals surface area contributed by atoms with Crippen molar-refractivity contribution in [3.8, 4) is 0 Å². The van der Waals surface area contributed by atoms with Crippen LogP contribution in [0.4, 0.5) is 15.3 Å². The monoisotopic (exact) mass is 440 g/mol. The highest BCUT2D eigenvalue weighted by molar-refractivity contribution is 7.80. The predicted octanol–water partition coefficient (Wildman–Crippen LogP) is 3.21. The third-order valence-electron chi connectivity index (χ3n) is 3.93. The fourth-order valence-corrected chi connectivity index (χ4v) is 2.75. The molecule has 0 atom stereocenters. The van der Waals surface area contributed by atoms with Crippen molar-refractivity contribution in [2.24, 2.45) is 5.16 Å². The minimum Gasteiger partial charge on any atom is -0.456 e. The van der Waals surface area contributed by atoms with E-state index in [1.54, 1.807) is 6.92 Å². The lowest BCUT2D eigenvalue weighted by atomic mass is 10.2. The molecule has 29 heavy (non-hydrogen) atoms. The van der Waals surface area contributed by atoms with E-state index < -0.39 is 23.5 Å². The molecule has 2 rings (SSSR count). The average Bonchev–Trinajstić information content (AvgIpc) is 2.70. The summed E-state index contributed by atoms with van der Waals surface area (Å²) in [6, 6.07) is 3.02. The van der Waals surface area contributed by atoms with E-state index in [0.29, 0.717) is 5.71 Å². The summed E-state index contributed by atoms with van der Waals surface area (Å²) < 4.78 is 5.18. The second-order valence-corrected chi connectivity index (χ2v) is 6.99. The van der Waals surface area contributed by atoms with Crippen LogP contribution >= 0.6 is 24.2 Å². The Labute approximate surface area is 178 Å². The van der Waals surface area contributed by atoms with Crippen molar-refractivity contribution in [2.75, 3.05) is 32.2 Å². The summed E-state index contributed by atoms with van der Waals surface area (Å²) in [7, 11) is 3.02. The van der Waals surface area contributed by atoms with Crippen LogP contribution in [0.25, 0.3) is 0 Å². The van der Waals surface area contributed by atoms with Gasteiger partial charge in [0.25, 0.3) is 0 Å². The van der Waals surface area contributed by atoms with Gasteiger partial charge in [0.2, 0.25) is 0 Å². The summed E-state index contributed by atoms with van der Waals surface area (Å²) in [5, 5.41) is 3.87. The molecule has 9 nitrogen and oxygen atoms in total. The maximum atomic E-state index is 12.6. The Morgan fingerprint density at radius 2 is 1.93 bits per heavy atom. The Balaban J connectivity index is 2.22. The van der Waals surface area contributed by atoms with Gasteiger partial charge in [-0.25, -0.2) is 19.3 Å². The molecule has 0 N–H and O–H groups in total. The quantitative estimate of drug-likeness (QED) is 0.175. The van der Waals surface area contributed by atoms with Crippen LogP contribution in [-0.2, 0) is 9.57 Å². The number of imide groups is 1. The number of nitrogens with zero attached hydrogens (tertiary/aromatic N) is 4. The van der Waals surface area contributed by atoms with E-state index in [9.17, 15) is 14.4 Å². The van der Waals surface area contributed by atoms with Gasteiger partial charge in [0.05, 0.1) is 22.0 Å². The van der Waals surface area contributed by atoms with E-state index in [1.165, 1.54) is 48.2 Å². The number of carbonyl (C=O) groups is 3. The van der Waals surface area contributed by atoms with Gasteiger partial charge in [-0.05, 0) is 25.1 Å². The number of esters is 1. The molecule has 0 aromatic heterocycles. The molecular weight excluding hydrogens is 420 g/mol. The second-order valence-electron chi connectivity index (χ2n) is 6.12. The Hall–Kier alpha value is -2.72. The summed E-state index contributed by atoms with van der Waals surface area (Å²) in [5.74, 6) is -0.735. The zero-order valence-electron chi connectivity index (χ0n) is 16.2. The van der Waals surface area contributed by atoms with Gasteiger partial charge >= 0.3 is 18.0 Å². The van der Waals surface area contributed by atoms with Crippen molar-refractivity contribution in [1.82, 2.24) is 9.80 Å². The zero-order chi connectivity index (χ0) is 21.7. The van der Waals surface area contributed by atoms with Crippen molar-refractivity contribution in [3.05, 3.63) is 41.4 Å². The van der Waals surface area contributed by atoms with Crippen molar-refractivity contribution in [3.63, 3.8) is 0 Å².